The Morgan fingerprint density at radius 2 is 1.33 bits per heavy atom. The lowest BCUT2D eigenvalue weighted by Crippen LogP contribution is -2.30. The van der Waals surface area contributed by atoms with Crippen molar-refractivity contribution in [3.8, 4) is 0 Å². The summed E-state index contributed by atoms with van der Waals surface area (Å²) < 4.78 is 0.773. The largest absolute Gasteiger partial charge is 0.268 e. The molecule has 0 saturated carbocycles. The molecule has 1 aliphatic heterocycles. The van der Waals surface area contributed by atoms with Crippen LogP contribution in [0.2, 0.25) is 0 Å². The fourth-order valence-electron chi connectivity index (χ4n) is 2.70. The number of amides is 2. The van der Waals surface area contributed by atoms with Crippen molar-refractivity contribution >= 4 is 33.4 Å². The molecule has 0 fully saturated rings. The number of rotatable bonds is 1. The van der Waals surface area contributed by atoms with Crippen LogP contribution in [0.15, 0.2) is 34.8 Å². The summed E-state index contributed by atoms with van der Waals surface area (Å²) in [5.41, 5.74) is 4.29. The van der Waals surface area contributed by atoms with Gasteiger partial charge in [-0.05, 0) is 59.5 Å². The average molecular weight is 344 g/mol. The Kier molecular flexibility index (Phi) is 3.21. The zero-order chi connectivity index (χ0) is 15.3. The molecule has 3 rings (SSSR count). The molecule has 0 saturated heterocycles. The summed E-state index contributed by atoms with van der Waals surface area (Å²) >= 11 is 3.48. The monoisotopic (exact) mass is 343 g/mol. The van der Waals surface area contributed by atoms with Crippen molar-refractivity contribution in [2.75, 3.05) is 4.90 Å². The van der Waals surface area contributed by atoms with E-state index in [0.29, 0.717) is 16.8 Å². The van der Waals surface area contributed by atoms with Gasteiger partial charge in [0.2, 0.25) is 0 Å². The zero-order valence-electron chi connectivity index (χ0n) is 12.0. The van der Waals surface area contributed by atoms with Crippen molar-refractivity contribution in [2.24, 2.45) is 0 Å². The van der Waals surface area contributed by atoms with Crippen LogP contribution >= 0.6 is 15.9 Å². The maximum absolute atomic E-state index is 12.7. The number of fused-ring (bicyclic) bond motifs is 1. The van der Waals surface area contributed by atoms with Crippen LogP contribution in [-0.4, -0.2) is 11.8 Å². The third kappa shape index (κ3) is 1.94. The quantitative estimate of drug-likeness (QED) is 0.728. The lowest BCUT2D eigenvalue weighted by Gasteiger charge is -2.17. The Morgan fingerprint density at radius 3 is 1.86 bits per heavy atom. The molecule has 0 N–H and O–H groups in total. The first-order chi connectivity index (χ1) is 9.93. The molecule has 0 spiro atoms. The molecular formula is C17H14BrNO2. The zero-order valence-corrected chi connectivity index (χ0v) is 13.6. The Bertz CT molecular complexity index is 755. The number of halogens is 1. The molecule has 0 radical (unpaired) electrons. The summed E-state index contributed by atoms with van der Waals surface area (Å²) in [7, 11) is 0. The van der Waals surface area contributed by atoms with Gasteiger partial charge in [0, 0.05) is 4.47 Å². The van der Waals surface area contributed by atoms with E-state index in [1.54, 1.807) is 6.07 Å². The minimum atomic E-state index is -0.248. The number of hydrogen-bond acceptors (Lipinski definition) is 2. The van der Waals surface area contributed by atoms with Gasteiger partial charge < -0.3 is 0 Å². The standard InChI is InChI=1S/C17H14BrNO2/c1-9-7-8-10(2)14-13(9)16(20)19(17(14)21)12-6-4-5-11(3)15(12)18/h4-8H,1-3H3. The van der Waals surface area contributed by atoms with E-state index in [-0.39, 0.29) is 11.8 Å². The van der Waals surface area contributed by atoms with Crippen molar-refractivity contribution < 1.29 is 9.59 Å². The van der Waals surface area contributed by atoms with Crippen LogP contribution in [0.1, 0.15) is 37.4 Å². The van der Waals surface area contributed by atoms with E-state index in [2.05, 4.69) is 15.9 Å². The number of carbonyl (C=O) groups excluding carboxylic acids is 2. The van der Waals surface area contributed by atoms with Gasteiger partial charge in [-0.2, -0.15) is 0 Å². The first-order valence-corrected chi connectivity index (χ1v) is 7.47. The fraction of sp³-hybridized carbons (Fsp3) is 0.176. The van der Waals surface area contributed by atoms with Gasteiger partial charge in [-0.15, -0.1) is 0 Å². The number of anilines is 1. The van der Waals surface area contributed by atoms with Crippen LogP contribution in [0.25, 0.3) is 0 Å². The first-order valence-electron chi connectivity index (χ1n) is 6.67. The van der Waals surface area contributed by atoms with E-state index >= 15 is 0 Å². The van der Waals surface area contributed by atoms with Crippen LogP contribution in [0, 0.1) is 20.8 Å². The molecule has 2 amide bonds. The molecule has 2 aromatic carbocycles. The molecule has 0 unspecified atom stereocenters. The van der Waals surface area contributed by atoms with Gasteiger partial charge in [-0.25, -0.2) is 4.90 Å². The number of benzene rings is 2. The molecule has 0 bridgehead atoms. The first kappa shape index (κ1) is 14.0. The summed E-state index contributed by atoms with van der Waals surface area (Å²) in [6, 6.07) is 9.33. The second kappa shape index (κ2) is 4.81. The van der Waals surface area contributed by atoms with Crippen LogP contribution in [0.5, 0.6) is 0 Å². The Morgan fingerprint density at radius 1 is 0.810 bits per heavy atom. The van der Waals surface area contributed by atoms with Crippen molar-refractivity contribution in [3.63, 3.8) is 0 Å². The maximum Gasteiger partial charge on any atom is 0.266 e. The minimum Gasteiger partial charge on any atom is -0.268 e. The van der Waals surface area contributed by atoms with Gasteiger partial charge in [0.05, 0.1) is 16.8 Å². The Balaban J connectivity index is 2.23. The lowest BCUT2D eigenvalue weighted by molar-refractivity contribution is 0.0926. The second-order valence-corrected chi connectivity index (χ2v) is 6.10. The molecule has 1 aliphatic rings. The molecule has 4 heteroatoms. The summed E-state index contributed by atoms with van der Waals surface area (Å²) in [5, 5.41) is 0. The molecule has 0 aliphatic carbocycles. The van der Waals surface area contributed by atoms with Gasteiger partial charge in [-0.1, -0.05) is 24.3 Å². The predicted octanol–water partition coefficient (Wildman–Crippen LogP) is 4.17. The summed E-state index contributed by atoms with van der Waals surface area (Å²) in [6.45, 7) is 5.65. The number of carbonyl (C=O) groups is 2. The van der Waals surface area contributed by atoms with E-state index in [1.807, 2.05) is 45.0 Å². The van der Waals surface area contributed by atoms with Crippen molar-refractivity contribution in [3.05, 3.63) is 62.6 Å². The summed E-state index contributed by atoms with van der Waals surface area (Å²) in [6.07, 6.45) is 0. The molecular weight excluding hydrogens is 330 g/mol. The van der Waals surface area contributed by atoms with Crippen molar-refractivity contribution in [2.45, 2.75) is 20.8 Å². The highest BCUT2D eigenvalue weighted by molar-refractivity contribution is 9.10. The normalized spacial score (nSPS) is 13.8. The highest BCUT2D eigenvalue weighted by Gasteiger charge is 2.39. The van der Waals surface area contributed by atoms with Gasteiger partial charge in [-0.3, -0.25) is 9.59 Å². The van der Waals surface area contributed by atoms with E-state index in [4.69, 9.17) is 0 Å². The van der Waals surface area contributed by atoms with E-state index in [0.717, 1.165) is 21.2 Å². The summed E-state index contributed by atoms with van der Waals surface area (Å²) in [4.78, 5) is 26.7. The minimum absolute atomic E-state index is 0.248. The van der Waals surface area contributed by atoms with Gasteiger partial charge in [0.1, 0.15) is 0 Å². The van der Waals surface area contributed by atoms with E-state index in [1.165, 1.54) is 4.90 Å². The smallest absolute Gasteiger partial charge is 0.266 e. The molecule has 1 heterocycles. The third-order valence-electron chi connectivity index (χ3n) is 3.87. The van der Waals surface area contributed by atoms with Crippen LogP contribution in [-0.2, 0) is 0 Å². The van der Waals surface area contributed by atoms with Crippen molar-refractivity contribution in [1.29, 1.82) is 0 Å². The van der Waals surface area contributed by atoms with Crippen LogP contribution in [0.4, 0.5) is 5.69 Å². The Hall–Kier alpha value is -1.94. The molecule has 2 aromatic rings. The second-order valence-electron chi connectivity index (χ2n) is 5.30. The van der Waals surface area contributed by atoms with E-state index < -0.39 is 0 Å². The molecule has 3 nitrogen and oxygen atoms in total. The predicted molar refractivity (Wildman–Crippen MR) is 85.9 cm³/mol. The lowest BCUT2D eigenvalue weighted by atomic mass is 9.99. The van der Waals surface area contributed by atoms with Crippen molar-refractivity contribution in [1.82, 2.24) is 0 Å². The molecule has 106 valence electrons. The van der Waals surface area contributed by atoms with Gasteiger partial charge in [0.15, 0.2) is 0 Å². The third-order valence-corrected chi connectivity index (χ3v) is 4.90. The highest BCUT2D eigenvalue weighted by Crippen LogP contribution is 2.37. The average Bonchev–Trinajstić information content (AvgIpc) is 2.71. The fourth-order valence-corrected chi connectivity index (χ4v) is 3.14. The summed E-state index contributed by atoms with van der Waals surface area (Å²) in [5.74, 6) is -0.495. The topological polar surface area (TPSA) is 37.4 Å². The van der Waals surface area contributed by atoms with Crippen LogP contribution in [0.3, 0.4) is 0 Å². The number of nitrogens with zero attached hydrogens (tertiary/aromatic N) is 1. The number of hydrogen-bond donors (Lipinski definition) is 0. The molecule has 21 heavy (non-hydrogen) atoms. The van der Waals surface area contributed by atoms with Gasteiger partial charge >= 0.3 is 0 Å². The van der Waals surface area contributed by atoms with Crippen LogP contribution < -0.4 is 4.90 Å². The van der Waals surface area contributed by atoms with E-state index in [9.17, 15) is 9.59 Å². The SMILES string of the molecule is Cc1cccc(N2C(=O)c3c(C)ccc(C)c3C2=O)c1Br. The maximum atomic E-state index is 12.7. The molecule has 0 atom stereocenters. The number of imide groups is 1. The molecule has 0 aromatic heterocycles. The van der Waals surface area contributed by atoms with Gasteiger partial charge in [0.25, 0.3) is 11.8 Å². The number of aryl methyl sites for hydroxylation is 3. The Labute approximate surface area is 131 Å². The highest BCUT2D eigenvalue weighted by atomic mass is 79.9.